The van der Waals surface area contributed by atoms with E-state index in [9.17, 15) is 18.8 Å². The zero-order valence-corrected chi connectivity index (χ0v) is 17.2. The van der Waals surface area contributed by atoms with Gasteiger partial charge in [-0.15, -0.1) is 0 Å². The van der Waals surface area contributed by atoms with Crippen LogP contribution in [0, 0.1) is 28.9 Å². The molecule has 5 N–H and O–H groups in total. The third-order valence-corrected chi connectivity index (χ3v) is 5.09. The first-order valence-corrected chi connectivity index (χ1v) is 9.93. The number of aliphatic imine (C=N–C) groups is 1. The fourth-order valence-corrected chi connectivity index (χ4v) is 3.47. The van der Waals surface area contributed by atoms with Gasteiger partial charge in [0.2, 0.25) is 0 Å². The number of hydrogen-bond acceptors (Lipinski definition) is 6. The number of likely N-dealkylation sites (tertiary alicyclic amines) is 1. The zero-order chi connectivity index (χ0) is 23.1. The molecule has 1 aromatic carbocycles. The molecule has 2 aromatic rings. The zero-order valence-electron chi connectivity index (χ0n) is 17.2. The maximum Gasteiger partial charge on any atom is 0.253 e. The first-order valence-electron chi connectivity index (χ1n) is 9.93. The van der Waals surface area contributed by atoms with Crippen LogP contribution in [0.2, 0.25) is 0 Å². The van der Waals surface area contributed by atoms with E-state index in [0.717, 1.165) is 11.8 Å². The Labute approximate surface area is 184 Å². The van der Waals surface area contributed by atoms with Gasteiger partial charge in [-0.25, -0.2) is 13.8 Å². The number of piperidine rings is 1. The number of pyridine rings is 1. The smallest absolute Gasteiger partial charge is 0.253 e. The summed E-state index contributed by atoms with van der Waals surface area (Å²) in [4.78, 5) is 21.9. The van der Waals surface area contributed by atoms with Crippen LogP contribution in [0.5, 0.6) is 0 Å². The molecule has 0 bridgehead atoms. The van der Waals surface area contributed by atoms with E-state index < -0.39 is 17.5 Å². The quantitative estimate of drug-likeness (QED) is 0.342. The van der Waals surface area contributed by atoms with E-state index >= 15 is 0 Å². The molecule has 0 radical (unpaired) electrons. The molecule has 1 aromatic heterocycles. The summed E-state index contributed by atoms with van der Waals surface area (Å²) >= 11 is 0. The van der Waals surface area contributed by atoms with Crippen LogP contribution >= 0.6 is 0 Å². The molecule has 1 aliphatic heterocycles. The van der Waals surface area contributed by atoms with Crippen LogP contribution < -0.4 is 16.8 Å². The van der Waals surface area contributed by atoms with Gasteiger partial charge in [0.05, 0.1) is 29.4 Å². The van der Waals surface area contributed by atoms with E-state index in [1.54, 1.807) is 6.20 Å². The third kappa shape index (κ3) is 6.09. The average molecular weight is 439 g/mol. The molecule has 0 spiro atoms. The normalized spacial score (nSPS) is 19.9. The molecule has 8 nitrogen and oxygen atoms in total. The second kappa shape index (κ2) is 10.5. The predicted octanol–water partition coefficient (Wildman–Crippen LogP) is 1.72. The van der Waals surface area contributed by atoms with Crippen molar-refractivity contribution in [2.75, 3.05) is 13.1 Å². The summed E-state index contributed by atoms with van der Waals surface area (Å²) in [5, 5.41) is 12.7. The molecular formula is C22H23F2N7O. The molecule has 3 rings (SSSR count). The highest BCUT2D eigenvalue weighted by atomic mass is 19.1. The fraction of sp³-hybridized carbons (Fsp3) is 0.273. The lowest BCUT2D eigenvalue weighted by Crippen LogP contribution is -2.47. The number of amides is 1. The van der Waals surface area contributed by atoms with Crippen LogP contribution in [0.4, 0.5) is 14.5 Å². The van der Waals surface area contributed by atoms with Gasteiger partial charge in [0.25, 0.3) is 5.91 Å². The average Bonchev–Trinajstić information content (AvgIpc) is 2.76. The molecule has 0 saturated carbocycles. The summed E-state index contributed by atoms with van der Waals surface area (Å²) in [6.45, 7) is 1.60. The number of benzene rings is 1. The van der Waals surface area contributed by atoms with E-state index in [1.807, 2.05) is 4.90 Å². The standard InChI is InChI=1S/C22H23F2N7O/c23-16-1-3-18(4-2-16)30-21(26)19(22(27)32)11-29-20-5-6-31(13-15(20)8-25)12-14-7-17(24)10-28-9-14/h1-4,7,9-11,15,20,29H,5-6,12-13H2,(H2,26,30)(H2,27,32)/b19-11+/t15-,20?/m1/s1. The Morgan fingerprint density at radius 1 is 1.28 bits per heavy atom. The predicted molar refractivity (Wildman–Crippen MR) is 115 cm³/mol. The van der Waals surface area contributed by atoms with Gasteiger partial charge in [-0.3, -0.25) is 14.7 Å². The minimum Gasteiger partial charge on any atom is -0.386 e. The molecule has 166 valence electrons. The van der Waals surface area contributed by atoms with Gasteiger partial charge in [0.15, 0.2) is 0 Å². The first-order chi connectivity index (χ1) is 15.4. The fourth-order valence-electron chi connectivity index (χ4n) is 3.47. The Balaban J connectivity index is 1.67. The molecule has 10 heteroatoms. The van der Waals surface area contributed by atoms with Gasteiger partial charge >= 0.3 is 0 Å². The lowest BCUT2D eigenvalue weighted by molar-refractivity contribution is -0.114. The van der Waals surface area contributed by atoms with E-state index in [0.29, 0.717) is 31.7 Å². The SMILES string of the molecule is N#C[C@@H]1CN(Cc2cncc(F)c2)CCC1N/C=C(/C(N)=O)C(N)=Nc1ccc(F)cc1. The summed E-state index contributed by atoms with van der Waals surface area (Å²) < 4.78 is 26.4. The Morgan fingerprint density at radius 2 is 2.03 bits per heavy atom. The second-order valence-electron chi connectivity index (χ2n) is 7.44. The Bertz CT molecular complexity index is 1060. The molecule has 1 fully saturated rings. The summed E-state index contributed by atoms with van der Waals surface area (Å²) in [5.74, 6) is -2.12. The molecule has 32 heavy (non-hydrogen) atoms. The van der Waals surface area contributed by atoms with Crippen molar-refractivity contribution >= 4 is 17.4 Å². The van der Waals surface area contributed by atoms with E-state index in [-0.39, 0.29) is 23.4 Å². The Hall–Kier alpha value is -3.84. The lowest BCUT2D eigenvalue weighted by atomic mass is 9.93. The van der Waals surface area contributed by atoms with Crippen molar-refractivity contribution in [1.29, 1.82) is 5.26 Å². The number of halogens is 2. The summed E-state index contributed by atoms with van der Waals surface area (Å²) in [6, 6.07) is 8.74. The highest BCUT2D eigenvalue weighted by Gasteiger charge is 2.29. The largest absolute Gasteiger partial charge is 0.386 e. The highest BCUT2D eigenvalue weighted by Crippen LogP contribution is 2.20. The van der Waals surface area contributed by atoms with Crippen molar-refractivity contribution in [3.63, 3.8) is 0 Å². The number of amidine groups is 1. The minimum absolute atomic E-state index is 0.0423. The van der Waals surface area contributed by atoms with Crippen molar-refractivity contribution in [3.05, 3.63) is 71.7 Å². The number of nitrogens with one attached hydrogen (secondary N) is 1. The number of aromatic nitrogens is 1. The van der Waals surface area contributed by atoms with E-state index in [2.05, 4.69) is 21.4 Å². The van der Waals surface area contributed by atoms with Crippen LogP contribution in [-0.4, -0.2) is 40.8 Å². The second-order valence-corrected chi connectivity index (χ2v) is 7.44. The van der Waals surface area contributed by atoms with Crippen molar-refractivity contribution in [1.82, 2.24) is 15.2 Å². The molecule has 0 aliphatic carbocycles. The number of rotatable bonds is 7. The van der Waals surface area contributed by atoms with E-state index in [1.165, 1.54) is 36.5 Å². The number of nitrogens with zero attached hydrogens (tertiary/aromatic N) is 4. The van der Waals surface area contributed by atoms with Crippen LogP contribution in [0.1, 0.15) is 12.0 Å². The van der Waals surface area contributed by atoms with Gasteiger partial charge < -0.3 is 16.8 Å². The lowest BCUT2D eigenvalue weighted by Gasteiger charge is -2.35. The Kier molecular flexibility index (Phi) is 7.46. The molecular weight excluding hydrogens is 416 g/mol. The molecule has 2 heterocycles. The molecule has 1 saturated heterocycles. The number of primary amides is 1. The summed E-state index contributed by atoms with van der Waals surface area (Å²) in [6.07, 6.45) is 4.72. The van der Waals surface area contributed by atoms with Crippen molar-refractivity contribution in [2.45, 2.75) is 19.0 Å². The van der Waals surface area contributed by atoms with Gasteiger partial charge in [0.1, 0.15) is 17.5 Å². The van der Waals surface area contributed by atoms with Gasteiger partial charge in [-0.1, -0.05) is 0 Å². The maximum atomic E-state index is 13.4. The monoisotopic (exact) mass is 439 g/mol. The summed E-state index contributed by atoms with van der Waals surface area (Å²) in [7, 11) is 0. The number of nitriles is 1. The van der Waals surface area contributed by atoms with Crippen LogP contribution in [0.3, 0.4) is 0 Å². The van der Waals surface area contributed by atoms with Crippen LogP contribution in [0.15, 0.2) is 59.5 Å². The van der Waals surface area contributed by atoms with Crippen molar-refractivity contribution in [2.24, 2.45) is 22.4 Å². The van der Waals surface area contributed by atoms with Crippen LogP contribution in [0.25, 0.3) is 0 Å². The number of carbonyl (C=O) groups is 1. The maximum absolute atomic E-state index is 13.4. The number of nitrogens with two attached hydrogens (primary N) is 2. The summed E-state index contributed by atoms with van der Waals surface area (Å²) in [5.41, 5.74) is 12.4. The number of hydrogen-bond donors (Lipinski definition) is 3. The van der Waals surface area contributed by atoms with E-state index in [4.69, 9.17) is 11.5 Å². The topological polar surface area (TPSA) is 133 Å². The third-order valence-electron chi connectivity index (χ3n) is 5.09. The van der Waals surface area contributed by atoms with Gasteiger partial charge in [-0.2, -0.15) is 5.26 Å². The molecule has 2 atom stereocenters. The molecule has 1 amide bonds. The van der Waals surface area contributed by atoms with Gasteiger partial charge in [0, 0.05) is 38.1 Å². The minimum atomic E-state index is -0.787. The van der Waals surface area contributed by atoms with Gasteiger partial charge in [-0.05, 0) is 42.3 Å². The Morgan fingerprint density at radius 3 is 2.69 bits per heavy atom. The highest BCUT2D eigenvalue weighted by molar-refractivity contribution is 6.20. The van der Waals surface area contributed by atoms with Crippen molar-refractivity contribution < 1.29 is 13.6 Å². The first kappa shape index (κ1) is 22.8. The molecule has 1 aliphatic rings. The van der Waals surface area contributed by atoms with Crippen LogP contribution in [-0.2, 0) is 11.3 Å². The molecule has 1 unspecified atom stereocenters. The van der Waals surface area contributed by atoms with Crippen molar-refractivity contribution in [3.8, 4) is 6.07 Å². The number of carbonyl (C=O) groups excluding carboxylic acids is 1.